The van der Waals surface area contributed by atoms with E-state index in [4.69, 9.17) is 17.0 Å². The Bertz CT molecular complexity index is 248. The Kier molecular flexibility index (Phi) is 19.6. The summed E-state index contributed by atoms with van der Waals surface area (Å²) in [7, 11) is 8.92. The molecule has 0 aromatic carbocycles. The zero-order valence-corrected chi connectivity index (χ0v) is 21.8. The van der Waals surface area contributed by atoms with Crippen LogP contribution in [-0.4, -0.2) is 8.07 Å². The fourth-order valence-electron chi connectivity index (χ4n) is 5.02. The van der Waals surface area contributed by atoms with Crippen LogP contribution in [0.1, 0.15) is 90.4 Å². The first-order valence-electron chi connectivity index (χ1n) is 9.65. The van der Waals surface area contributed by atoms with Gasteiger partial charge in [-0.3, -0.25) is 0 Å². The van der Waals surface area contributed by atoms with Crippen molar-refractivity contribution in [2.45, 2.75) is 114 Å². The molecule has 2 rings (SSSR count). The van der Waals surface area contributed by atoms with Crippen LogP contribution in [0.25, 0.3) is 0 Å². The molecule has 0 atom stereocenters. The van der Waals surface area contributed by atoms with Crippen molar-refractivity contribution >= 4 is 25.1 Å². The van der Waals surface area contributed by atoms with Gasteiger partial charge in [0.25, 0.3) is 0 Å². The molecule has 0 spiro atoms. The van der Waals surface area contributed by atoms with E-state index in [0.717, 1.165) is 0 Å². The van der Waals surface area contributed by atoms with Crippen molar-refractivity contribution in [3.63, 3.8) is 0 Å². The summed E-state index contributed by atoms with van der Waals surface area (Å²) in [5.41, 5.74) is 2.42. The van der Waals surface area contributed by atoms with Gasteiger partial charge in [-0.05, 0) is 11.1 Å². The zero-order chi connectivity index (χ0) is 16.3. The quantitative estimate of drug-likeness (QED) is 0.188. The van der Waals surface area contributed by atoms with Gasteiger partial charge in [0.05, 0.1) is 8.07 Å². The molecule has 0 N–H and O–H groups in total. The van der Waals surface area contributed by atoms with Crippen LogP contribution in [0.5, 0.6) is 0 Å². The van der Waals surface area contributed by atoms with Gasteiger partial charge in [0, 0.05) is 0 Å². The van der Waals surface area contributed by atoms with Gasteiger partial charge in [0.2, 0.25) is 0 Å². The van der Waals surface area contributed by atoms with Crippen molar-refractivity contribution in [1.29, 1.82) is 0 Å². The predicted molar refractivity (Wildman–Crippen MR) is 114 cm³/mol. The molecule has 2 aliphatic carbocycles. The first kappa shape index (κ1) is 27.9. The van der Waals surface area contributed by atoms with Crippen LogP contribution in [0.4, 0.5) is 0 Å². The van der Waals surface area contributed by atoms with Crippen LogP contribution in [0.3, 0.4) is 0 Å². The van der Waals surface area contributed by atoms with E-state index in [1.807, 2.05) is 0 Å². The van der Waals surface area contributed by atoms with Gasteiger partial charge in [0.1, 0.15) is 0 Å². The van der Waals surface area contributed by atoms with Crippen molar-refractivity contribution in [3.8, 4) is 0 Å². The van der Waals surface area contributed by atoms with Crippen LogP contribution in [0.2, 0.25) is 23.7 Å². The Morgan fingerprint density at radius 1 is 0.792 bits per heavy atom. The van der Waals surface area contributed by atoms with Crippen molar-refractivity contribution in [3.05, 3.63) is 14.9 Å². The van der Waals surface area contributed by atoms with Crippen LogP contribution < -0.4 is 0 Å². The maximum absolute atomic E-state index is 4.93. The Hall–Kier alpha value is 1.68. The van der Waals surface area contributed by atoms with E-state index < -0.39 is 28.9 Å². The molecule has 0 amide bonds. The third-order valence-corrected chi connectivity index (χ3v) is 12.7. The summed E-state index contributed by atoms with van der Waals surface area (Å²) in [6, 6.07) is 1.67. The number of halogens is 2. The van der Waals surface area contributed by atoms with Gasteiger partial charge in [-0.25, -0.2) is 0 Å². The SMILES string of the molecule is CCCCCCC[Si](C)(C1CCCC1)C1CCCC1.[CH3-].[CH3-].[Cl][Zr+2][Cl]. The number of hydrogen-bond acceptors (Lipinski definition) is 0. The summed E-state index contributed by atoms with van der Waals surface area (Å²) in [5.74, 6) is 0. The van der Waals surface area contributed by atoms with Gasteiger partial charge in [0.15, 0.2) is 0 Å². The van der Waals surface area contributed by atoms with Gasteiger partial charge in [-0.1, -0.05) is 103 Å². The predicted octanol–water partition coefficient (Wildman–Crippen LogP) is 9.20. The van der Waals surface area contributed by atoms with E-state index in [0.29, 0.717) is 0 Å². The second kappa shape index (κ2) is 16.8. The van der Waals surface area contributed by atoms with Crippen LogP contribution in [-0.2, 0) is 20.8 Å². The summed E-state index contributed by atoms with van der Waals surface area (Å²) < 4.78 is 0. The van der Waals surface area contributed by atoms with E-state index in [1.54, 1.807) is 63.8 Å². The van der Waals surface area contributed by atoms with E-state index in [9.17, 15) is 0 Å². The van der Waals surface area contributed by atoms with Crippen LogP contribution in [0.15, 0.2) is 0 Å². The first-order chi connectivity index (χ1) is 10.7. The molecule has 2 saturated carbocycles. The topological polar surface area (TPSA) is 0 Å². The van der Waals surface area contributed by atoms with Crippen LogP contribution in [0, 0.1) is 14.9 Å². The number of hydrogen-bond donors (Lipinski definition) is 0. The molecule has 0 aliphatic heterocycles. The van der Waals surface area contributed by atoms with Crippen molar-refractivity contribution in [2.75, 3.05) is 0 Å². The Labute approximate surface area is 173 Å². The Morgan fingerprint density at radius 3 is 1.54 bits per heavy atom. The summed E-state index contributed by atoms with van der Waals surface area (Å²) in [6.45, 7) is 5.15. The molecule has 2 fully saturated rings. The minimum absolute atomic E-state index is 0. The van der Waals surface area contributed by atoms with E-state index in [2.05, 4.69) is 13.5 Å². The minimum atomic E-state index is -0.943. The van der Waals surface area contributed by atoms with Gasteiger partial charge in [-0.2, -0.15) is 0 Å². The molecule has 0 nitrogen and oxygen atoms in total. The van der Waals surface area contributed by atoms with Crippen molar-refractivity contribution < 1.29 is 20.8 Å². The maximum atomic E-state index is 4.93. The molecule has 0 aromatic heterocycles. The number of rotatable bonds is 8. The van der Waals surface area contributed by atoms with Crippen molar-refractivity contribution in [2.24, 2.45) is 0 Å². The summed E-state index contributed by atoms with van der Waals surface area (Å²) >= 11 is -0.826. The fraction of sp³-hybridized carbons (Fsp3) is 0.900. The molecule has 0 unspecified atom stereocenters. The molecule has 0 saturated heterocycles. The van der Waals surface area contributed by atoms with E-state index >= 15 is 0 Å². The van der Waals surface area contributed by atoms with E-state index in [-0.39, 0.29) is 14.9 Å². The number of unbranched alkanes of at least 4 members (excludes halogenated alkanes) is 4. The molecule has 0 heterocycles. The second-order valence-electron chi connectivity index (χ2n) is 7.70. The first-order valence-corrected chi connectivity index (χ1v) is 18.8. The third-order valence-electron chi connectivity index (χ3n) is 6.39. The molecule has 24 heavy (non-hydrogen) atoms. The van der Waals surface area contributed by atoms with Gasteiger partial charge < -0.3 is 14.9 Å². The molecular formula is C20H42Cl2SiZr. The molecule has 0 radical (unpaired) electrons. The summed E-state index contributed by atoms with van der Waals surface area (Å²) in [5, 5.41) is 0. The summed E-state index contributed by atoms with van der Waals surface area (Å²) in [4.78, 5) is 0. The molecule has 2 aliphatic rings. The standard InChI is InChI=1S/C18H36Si.2CH3.2ClH.Zr/c1-3-4-5-6-11-16-19(2,17-12-7-8-13-17)18-14-9-10-15-18;;;;;/h17-18H,3-16H2,1-2H3;2*1H3;2*1H;/q;2*-1;;;+4/p-2. The van der Waals surface area contributed by atoms with Gasteiger partial charge in [-0.15, -0.1) is 0 Å². The van der Waals surface area contributed by atoms with E-state index in [1.165, 1.54) is 36.8 Å². The molecule has 4 heteroatoms. The molecule has 144 valence electrons. The average Bonchev–Trinajstić information content (AvgIpc) is 3.21. The Morgan fingerprint density at radius 2 is 1.17 bits per heavy atom. The Balaban J connectivity index is 0. The molecule has 0 bridgehead atoms. The fourth-order valence-corrected chi connectivity index (χ4v) is 11.0. The van der Waals surface area contributed by atoms with Crippen molar-refractivity contribution in [1.82, 2.24) is 0 Å². The third kappa shape index (κ3) is 9.57. The van der Waals surface area contributed by atoms with Gasteiger partial charge >= 0.3 is 37.9 Å². The molecular weight excluding hydrogens is 430 g/mol. The monoisotopic (exact) mass is 470 g/mol. The molecule has 0 aromatic rings. The second-order valence-corrected chi connectivity index (χ2v) is 16.6. The summed E-state index contributed by atoms with van der Waals surface area (Å²) in [6.07, 6.45) is 20.1. The van der Waals surface area contributed by atoms with Crippen LogP contribution >= 0.6 is 17.0 Å². The normalized spacial score (nSPS) is 18.2. The zero-order valence-electron chi connectivity index (χ0n) is 16.8. The average molecular weight is 473 g/mol.